The van der Waals surface area contributed by atoms with E-state index in [-0.39, 0.29) is 22.6 Å². The molecule has 0 aromatic carbocycles. The molecule has 3 heterocycles. The zero-order valence-corrected chi connectivity index (χ0v) is 16.1. The van der Waals surface area contributed by atoms with Crippen molar-refractivity contribution in [3.8, 4) is 0 Å². The number of rotatable bonds is 2. The number of carbonyl (C=O) groups is 1. The molecule has 2 aliphatic heterocycles. The monoisotopic (exact) mass is 377 g/mol. The van der Waals surface area contributed by atoms with Crippen molar-refractivity contribution >= 4 is 17.7 Å². The number of anilines is 1. The highest BCUT2D eigenvalue weighted by atomic mass is 16.6. The lowest BCUT2D eigenvalue weighted by Crippen LogP contribution is -2.62. The number of hydrogen-bond donors (Lipinski definition) is 1. The molecule has 9 heteroatoms. The molecule has 1 unspecified atom stereocenters. The molecular formula is C18H27N5O4. The predicted molar refractivity (Wildman–Crippen MR) is 99.8 cm³/mol. The lowest BCUT2D eigenvalue weighted by atomic mass is 9.60. The van der Waals surface area contributed by atoms with Crippen LogP contribution in [0.25, 0.3) is 0 Å². The normalized spacial score (nSPS) is 22.7. The van der Waals surface area contributed by atoms with Crippen molar-refractivity contribution in [3.63, 3.8) is 0 Å². The standard InChI is InChI=1S/C18H27N5O4/c1-17(2,3)14-18(6-9-21(10-7-18)16(24)25)5-4-8-22(14)15-19-11-13(12-20-15)23(26)27/h11-12,14H,4-10H2,1-3H3,(H,24,25). The summed E-state index contributed by atoms with van der Waals surface area (Å²) >= 11 is 0. The van der Waals surface area contributed by atoms with Crippen LogP contribution in [0, 0.1) is 20.9 Å². The molecule has 2 aliphatic rings. The average molecular weight is 377 g/mol. The van der Waals surface area contributed by atoms with E-state index in [1.54, 1.807) is 0 Å². The highest BCUT2D eigenvalue weighted by Gasteiger charge is 2.52. The van der Waals surface area contributed by atoms with E-state index >= 15 is 0 Å². The first-order valence-electron chi connectivity index (χ1n) is 9.35. The van der Waals surface area contributed by atoms with Crippen LogP contribution in [-0.2, 0) is 0 Å². The molecule has 0 saturated carbocycles. The molecule has 1 spiro atoms. The van der Waals surface area contributed by atoms with Crippen LogP contribution >= 0.6 is 0 Å². The summed E-state index contributed by atoms with van der Waals surface area (Å²) in [4.78, 5) is 34.0. The van der Waals surface area contributed by atoms with Crippen LogP contribution in [-0.4, -0.2) is 56.7 Å². The summed E-state index contributed by atoms with van der Waals surface area (Å²) in [5.74, 6) is 0.514. The van der Waals surface area contributed by atoms with Crippen LogP contribution in [0.2, 0.25) is 0 Å². The zero-order valence-electron chi connectivity index (χ0n) is 16.1. The van der Waals surface area contributed by atoms with Gasteiger partial charge < -0.3 is 14.9 Å². The molecule has 1 aromatic heterocycles. The van der Waals surface area contributed by atoms with E-state index < -0.39 is 11.0 Å². The number of hydrogen-bond acceptors (Lipinski definition) is 6. The third-order valence-electron chi connectivity index (χ3n) is 5.91. The van der Waals surface area contributed by atoms with Crippen LogP contribution in [0.4, 0.5) is 16.4 Å². The Morgan fingerprint density at radius 2 is 1.81 bits per heavy atom. The van der Waals surface area contributed by atoms with Gasteiger partial charge in [0.1, 0.15) is 12.4 Å². The van der Waals surface area contributed by atoms with E-state index in [9.17, 15) is 20.0 Å². The van der Waals surface area contributed by atoms with Crippen molar-refractivity contribution in [1.82, 2.24) is 14.9 Å². The summed E-state index contributed by atoms with van der Waals surface area (Å²) in [6.07, 6.45) is 5.30. The second kappa shape index (κ2) is 6.94. The maximum Gasteiger partial charge on any atom is 0.407 e. The van der Waals surface area contributed by atoms with Gasteiger partial charge in [-0.15, -0.1) is 0 Å². The molecule has 27 heavy (non-hydrogen) atoms. The summed E-state index contributed by atoms with van der Waals surface area (Å²) in [5.41, 5.74) is -0.197. The lowest BCUT2D eigenvalue weighted by Gasteiger charge is -2.57. The van der Waals surface area contributed by atoms with Crippen LogP contribution < -0.4 is 4.90 Å². The minimum absolute atomic E-state index is 0.00636. The topological polar surface area (TPSA) is 113 Å². The van der Waals surface area contributed by atoms with Crippen molar-refractivity contribution < 1.29 is 14.8 Å². The number of piperidine rings is 2. The van der Waals surface area contributed by atoms with Crippen LogP contribution in [0.1, 0.15) is 46.5 Å². The Balaban J connectivity index is 1.92. The molecule has 0 radical (unpaired) electrons. The number of carboxylic acid groups (broad SMARTS) is 1. The molecule has 2 fully saturated rings. The Labute approximate surface area is 158 Å². The fraction of sp³-hybridized carbons (Fsp3) is 0.722. The SMILES string of the molecule is CC(C)(C)C1N(c2ncc([N+](=O)[O-])cn2)CCCC12CCN(C(=O)O)CC2. The Morgan fingerprint density at radius 3 is 2.30 bits per heavy atom. The number of aromatic nitrogens is 2. The zero-order chi connectivity index (χ0) is 19.8. The van der Waals surface area contributed by atoms with Gasteiger partial charge in [0.15, 0.2) is 0 Å². The van der Waals surface area contributed by atoms with Gasteiger partial charge in [-0.2, -0.15) is 0 Å². The fourth-order valence-corrected chi connectivity index (χ4v) is 5.02. The van der Waals surface area contributed by atoms with Crippen molar-refractivity contribution in [2.24, 2.45) is 10.8 Å². The molecule has 1 N–H and O–H groups in total. The Hall–Kier alpha value is -2.45. The summed E-state index contributed by atoms with van der Waals surface area (Å²) in [7, 11) is 0. The smallest absolute Gasteiger partial charge is 0.407 e. The predicted octanol–water partition coefficient (Wildman–Crippen LogP) is 3.16. The first-order chi connectivity index (χ1) is 12.6. The van der Waals surface area contributed by atoms with E-state index in [0.29, 0.717) is 19.0 Å². The Morgan fingerprint density at radius 1 is 1.22 bits per heavy atom. The van der Waals surface area contributed by atoms with Gasteiger partial charge in [0, 0.05) is 25.7 Å². The maximum atomic E-state index is 11.3. The molecule has 1 aromatic rings. The molecule has 1 atom stereocenters. The van der Waals surface area contributed by atoms with Crippen molar-refractivity contribution in [3.05, 3.63) is 22.5 Å². The lowest BCUT2D eigenvalue weighted by molar-refractivity contribution is -0.385. The van der Waals surface area contributed by atoms with Crippen LogP contribution in [0.5, 0.6) is 0 Å². The molecule has 0 aliphatic carbocycles. The molecule has 3 rings (SSSR count). The molecule has 9 nitrogen and oxygen atoms in total. The van der Waals surface area contributed by atoms with E-state index in [1.807, 2.05) is 0 Å². The van der Waals surface area contributed by atoms with Crippen molar-refractivity contribution in [1.29, 1.82) is 0 Å². The van der Waals surface area contributed by atoms with Crippen LogP contribution in [0.15, 0.2) is 12.4 Å². The largest absolute Gasteiger partial charge is 0.465 e. The first-order valence-corrected chi connectivity index (χ1v) is 9.35. The summed E-state index contributed by atoms with van der Waals surface area (Å²) in [6.45, 7) is 8.43. The molecular weight excluding hydrogens is 350 g/mol. The number of amides is 1. The van der Waals surface area contributed by atoms with Gasteiger partial charge >= 0.3 is 11.8 Å². The van der Waals surface area contributed by atoms with Gasteiger partial charge in [0.25, 0.3) is 0 Å². The quantitative estimate of drug-likeness (QED) is 0.622. The molecule has 1 amide bonds. The molecule has 0 bridgehead atoms. The minimum Gasteiger partial charge on any atom is -0.465 e. The maximum absolute atomic E-state index is 11.3. The van der Waals surface area contributed by atoms with Gasteiger partial charge in [-0.25, -0.2) is 14.8 Å². The third-order valence-corrected chi connectivity index (χ3v) is 5.91. The summed E-state index contributed by atoms with van der Waals surface area (Å²) < 4.78 is 0. The third kappa shape index (κ3) is 3.68. The van der Waals surface area contributed by atoms with Gasteiger partial charge in [-0.1, -0.05) is 20.8 Å². The highest BCUT2D eigenvalue weighted by Crippen LogP contribution is 2.51. The Kier molecular flexibility index (Phi) is 4.96. The summed E-state index contributed by atoms with van der Waals surface area (Å²) in [5, 5.41) is 20.2. The van der Waals surface area contributed by atoms with E-state index in [2.05, 4.69) is 35.6 Å². The van der Waals surface area contributed by atoms with Gasteiger partial charge in [0.05, 0.1) is 4.92 Å². The Bertz CT molecular complexity index is 707. The average Bonchev–Trinajstić information content (AvgIpc) is 2.61. The number of nitrogens with zero attached hydrogens (tertiary/aromatic N) is 5. The number of likely N-dealkylation sites (tertiary alicyclic amines) is 1. The van der Waals surface area contributed by atoms with Gasteiger partial charge in [-0.3, -0.25) is 10.1 Å². The van der Waals surface area contributed by atoms with Crippen molar-refractivity contribution in [2.75, 3.05) is 24.5 Å². The summed E-state index contributed by atoms with van der Waals surface area (Å²) in [6, 6.07) is 0.135. The van der Waals surface area contributed by atoms with E-state index in [4.69, 9.17) is 0 Å². The van der Waals surface area contributed by atoms with E-state index in [0.717, 1.165) is 32.2 Å². The molecule has 148 valence electrons. The first kappa shape index (κ1) is 19.3. The second-order valence-corrected chi connectivity index (χ2v) is 8.70. The van der Waals surface area contributed by atoms with E-state index in [1.165, 1.54) is 17.3 Å². The minimum atomic E-state index is -0.858. The second-order valence-electron chi connectivity index (χ2n) is 8.70. The molecule has 2 saturated heterocycles. The highest BCUT2D eigenvalue weighted by molar-refractivity contribution is 5.65. The van der Waals surface area contributed by atoms with Gasteiger partial charge in [0.2, 0.25) is 5.95 Å². The number of nitro groups is 1. The van der Waals surface area contributed by atoms with Crippen LogP contribution in [0.3, 0.4) is 0 Å². The fourth-order valence-electron chi connectivity index (χ4n) is 5.02. The van der Waals surface area contributed by atoms with Crippen molar-refractivity contribution in [2.45, 2.75) is 52.5 Å². The van der Waals surface area contributed by atoms with Gasteiger partial charge in [-0.05, 0) is 36.5 Å².